The summed E-state index contributed by atoms with van der Waals surface area (Å²) in [5.41, 5.74) is 0.848. The summed E-state index contributed by atoms with van der Waals surface area (Å²) in [5, 5.41) is 0.286. The minimum atomic E-state index is -3.98. The van der Waals surface area contributed by atoms with Crippen LogP contribution >= 0.6 is 11.6 Å². The van der Waals surface area contributed by atoms with Crippen LogP contribution in [0.5, 0.6) is 0 Å². The molecule has 0 amide bonds. The van der Waals surface area contributed by atoms with Gasteiger partial charge in [-0.2, -0.15) is 0 Å². The molecule has 0 unspecified atom stereocenters. The van der Waals surface area contributed by atoms with Crippen molar-refractivity contribution in [2.45, 2.75) is 11.8 Å². The van der Waals surface area contributed by atoms with Gasteiger partial charge in [-0.3, -0.25) is 4.72 Å². The van der Waals surface area contributed by atoms with Gasteiger partial charge in [0.05, 0.1) is 11.9 Å². The van der Waals surface area contributed by atoms with Crippen LogP contribution in [0, 0.1) is 12.7 Å². The van der Waals surface area contributed by atoms with Crippen molar-refractivity contribution in [3.63, 3.8) is 0 Å². The number of pyridine rings is 1. The molecule has 0 fully saturated rings. The predicted molar refractivity (Wildman–Crippen MR) is 71.2 cm³/mol. The Bertz CT molecular complexity index is 719. The number of anilines is 1. The van der Waals surface area contributed by atoms with Crippen molar-refractivity contribution in [2.75, 3.05) is 4.72 Å². The first-order valence-electron chi connectivity index (χ1n) is 5.29. The average Bonchev–Trinajstić information content (AvgIpc) is 2.34. The molecule has 19 heavy (non-hydrogen) atoms. The van der Waals surface area contributed by atoms with Gasteiger partial charge < -0.3 is 0 Å². The maximum absolute atomic E-state index is 13.5. The third-order valence-corrected chi connectivity index (χ3v) is 4.20. The molecular weight excluding hydrogens is 291 g/mol. The topological polar surface area (TPSA) is 59.1 Å². The molecular formula is C12H10ClFN2O2S. The quantitative estimate of drug-likeness (QED) is 0.887. The predicted octanol–water partition coefficient (Wildman–Crippen LogP) is 2.98. The Labute approximate surface area is 115 Å². The number of sulfonamides is 1. The van der Waals surface area contributed by atoms with E-state index in [2.05, 4.69) is 9.71 Å². The highest BCUT2D eigenvalue weighted by atomic mass is 35.5. The van der Waals surface area contributed by atoms with Gasteiger partial charge in [-0.1, -0.05) is 23.7 Å². The maximum Gasteiger partial charge on any atom is 0.264 e. The zero-order chi connectivity index (χ0) is 14.0. The van der Waals surface area contributed by atoms with Crippen LogP contribution in [-0.4, -0.2) is 13.4 Å². The van der Waals surface area contributed by atoms with Crippen molar-refractivity contribution < 1.29 is 12.8 Å². The minimum absolute atomic E-state index is 0.227. The van der Waals surface area contributed by atoms with E-state index in [-0.39, 0.29) is 10.8 Å². The second kappa shape index (κ2) is 5.14. The van der Waals surface area contributed by atoms with E-state index in [0.29, 0.717) is 5.56 Å². The Morgan fingerprint density at radius 2 is 2.00 bits per heavy atom. The smallest absolute Gasteiger partial charge is 0.264 e. The van der Waals surface area contributed by atoms with Gasteiger partial charge in [0.2, 0.25) is 0 Å². The highest BCUT2D eigenvalue weighted by molar-refractivity contribution is 7.92. The van der Waals surface area contributed by atoms with Crippen molar-refractivity contribution >= 4 is 27.3 Å². The number of benzene rings is 1. The molecule has 2 rings (SSSR count). The van der Waals surface area contributed by atoms with E-state index in [1.807, 2.05) is 0 Å². The number of nitrogens with one attached hydrogen (secondary N) is 1. The fourth-order valence-corrected chi connectivity index (χ4v) is 2.70. The lowest BCUT2D eigenvalue weighted by Crippen LogP contribution is -2.14. The molecule has 0 aliphatic carbocycles. The molecule has 1 heterocycles. The molecule has 0 spiro atoms. The lowest BCUT2D eigenvalue weighted by molar-refractivity contribution is 0.570. The average molecular weight is 301 g/mol. The van der Waals surface area contributed by atoms with Crippen molar-refractivity contribution in [3.8, 4) is 0 Å². The molecule has 2 aromatic rings. The number of nitrogens with zero attached hydrogens (tertiary/aromatic N) is 1. The second-order valence-electron chi connectivity index (χ2n) is 3.87. The molecule has 1 N–H and O–H groups in total. The summed E-state index contributed by atoms with van der Waals surface area (Å²) in [6, 6.07) is 6.66. The Morgan fingerprint density at radius 1 is 1.32 bits per heavy atom. The largest absolute Gasteiger partial charge is 0.278 e. The van der Waals surface area contributed by atoms with E-state index in [1.54, 1.807) is 6.92 Å². The molecule has 0 saturated carbocycles. The van der Waals surface area contributed by atoms with E-state index in [4.69, 9.17) is 11.6 Å². The monoisotopic (exact) mass is 300 g/mol. The fraction of sp³-hybridized carbons (Fsp3) is 0.0833. The normalized spacial score (nSPS) is 11.3. The van der Waals surface area contributed by atoms with Gasteiger partial charge in [-0.15, -0.1) is 0 Å². The van der Waals surface area contributed by atoms with Crippen molar-refractivity contribution in [3.05, 3.63) is 53.1 Å². The third kappa shape index (κ3) is 3.02. The molecule has 4 nitrogen and oxygen atoms in total. The molecule has 0 aliphatic heterocycles. The highest BCUT2D eigenvalue weighted by Crippen LogP contribution is 2.21. The van der Waals surface area contributed by atoms with Gasteiger partial charge >= 0.3 is 0 Å². The Hall–Kier alpha value is -1.66. The van der Waals surface area contributed by atoms with Gasteiger partial charge in [-0.25, -0.2) is 17.8 Å². The Balaban J connectivity index is 2.37. The Kier molecular flexibility index (Phi) is 3.73. The summed E-state index contributed by atoms with van der Waals surface area (Å²) in [4.78, 5) is 3.41. The van der Waals surface area contributed by atoms with E-state index in [0.717, 1.165) is 6.07 Å². The molecule has 100 valence electrons. The molecule has 0 radical (unpaired) electrons. The Morgan fingerprint density at radius 3 is 2.63 bits per heavy atom. The minimum Gasteiger partial charge on any atom is -0.278 e. The van der Waals surface area contributed by atoms with Gasteiger partial charge in [0.15, 0.2) is 0 Å². The van der Waals surface area contributed by atoms with E-state index in [1.165, 1.54) is 30.5 Å². The van der Waals surface area contributed by atoms with Gasteiger partial charge in [0.1, 0.15) is 15.9 Å². The standard InChI is InChI=1S/C12H10ClFN2O2S/c1-8-6-9(7-15-12(8)13)16-19(17,18)11-5-3-2-4-10(11)14/h2-7,16H,1H3. The van der Waals surface area contributed by atoms with Crippen LogP contribution in [0.15, 0.2) is 41.4 Å². The van der Waals surface area contributed by atoms with Crippen molar-refractivity contribution in [1.82, 2.24) is 4.98 Å². The highest BCUT2D eigenvalue weighted by Gasteiger charge is 2.18. The number of rotatable bonds is 3. The second-order valence-corrected chi connectivity index (χ2v) is 5.88. The van der Waals surface area contributed by atoms with Crippen LogP contribution in [0.2, 0.25) is 5.15 Å². The first kappa shape index (κ1) is 13.8. The van der Waals surface area contributed by atoms with Crippen LogP contribution in [0.3, 0.4) is 0 Å². The van der Waals surface area contributed by atoms with Crippen LogP contribution in [0.4, 0.5) is 10.1 Å². The first-order chi connectivity index (χ1) is 8.90. The van der Waals surface area contributed by atoms with Crippen molar-refractivity contribution in [2.24, 2.45) is 0 Å². The SMILES string of the molecule is Cc1cc(NS(=O)(=O)c2ccccc2F)cnc1Cl. The van der Waals surface area contributed by atoms with Crippen LogP contribution in [0.25, 0.3) is 0 Å². The zero-order valence-electron chi connectivity index (χ0n) is 9.89. The summed E-state index contributed by atoms with van der Waals surface area (Å²) < 4.78 is 39.7. The fourth-order valence-electron chi connectivity index (χ4n) is 1.49. The van der Waals surface area contributed by atoms with Crippen LogP contribution in [0.1, 0.15) is 5.56 Å². The zero-order valence-corrected chi connectivity index (χ0v) is 11.5. The molecule has 0 bridgehead atoms. The number of aromatic nitrogens is 1. The summed E-state index contributed by atoms with van der Waals surface area (Å²) in [6.45, 7) is 1.69. The molecule has 1 aromatic carbocycles. The van der Waals surface area contributed by atoms with Crippen molar-refractivity contribution in [1.29, 1.82) is 0 Å². The van der Waals surface area contributed by atoms with E-state index >= 15 is 0 Å². The van der Waals surface area contributed by atoms with Gasteiger partial charge in [-0.05, 0) is 30.7 Å². The molecule has 0 atom stereocenters. The van der Waals surface area contributed by atoms with Gasteiger partial charge in [0.25, 0.3) is 10.0 Å². The molecule has 1 aromatic heterocycles. The van der Waals surface area contributed by atoms with E-state index < -0.39 is 20.7 Å². The number of halogens is 2. The molecule has 0 saturated heterocycles. The number of aryl methyl sites for hydroxylation is 1. The summed E-state index contributed by atoms with van der Waals surface area (Å²) >= 11 is 5.75. The molecule has 0 aliphatic rings. The number of hydrogen-bond donors (Lipinski definition) is 1. The van der Waals surface area contributed by atoms with Gasteiger partial charge in [0, 0.05) is 0 Å². The maximum atomic E-state index is 13.5. The lowest BCUT2D eigenvalue weighted by atomic mass is 10.3. The summed E-state index contributed by atoms with van der Waals surface area (Å²) in [7, 11) is -3.98. The summed E-state index contributed by atoms with van der Waals surface area (Å²) in [5.74, 6) is -0.811. The molecule has 7 heteroatoms. The third-order valence-electron chi connectivity index (χ3n) is 2.39. The first-order valence-corrected chi connectivity index (χ1v) is 7.16. The lowest BCUT2D eigenvalue weighted by Gasteiger charge is -2.09. The summed E-state index contributed by atoms with van der Waals surface area (Å²) in [6.07, 6.45) is 1.27. The van der Waals surface area contributed by atoms with Crippen LogP contribution < -0.4 is 4.72 Å². The van der Waals surface area contributed by atoms with E-state index in [9.17, 15) is 12.8 Å². The number of hydrogen-bond acceptors (Lipinski definition) is 3. The van der Waals surface area contributed by atoms with Crippen LogP contribution in [-0.2, 0) is 10.0 Å².